The summed E-state index contributed by atoms with van der Waals surface area (Å²) < 4.78 is 5.44. The van der Waals surface area contributed by atoms with Crippen molar-refractivity contribution in [3.63, 3.8) is 0 Å². The molecule has 2 aromatic carbocycles. The molecule has 0 saturated carbocycles. The summed E-state index contributed by atoms with van der Waals surface area (Å²) in [4.78, 5) is 0. The first-order valence-electron chi connectivity index (χ1n) is 5.57. The van der Waals surface area contributed by atoms with Crippen molar-refractivity contribution in [3.8, 4) is 22.6 Å². The molecule has 0 radical (unpaired) electrons. The fourth-order valence-electron chi connectivity index (χ4n) is 1.94. The highest BCUT2D eigenvalue weighted by Gasteiger charge is 2.14. The van der Waals surface area contributed by atoms with Gasteiger partial charge in [-0.15, -0.1) is 0 Å². The molecule has 0 aliphatic heterocycles. The summed E-state index contributed by atoms with van der Waals surface area (Å²) >= 11 is 0. The Morgan fingerprint density at radius 2 is 1.58 bits per heavy atom. The Kier molecular flexibility index (Phi) is 3.58. The lowest BCUT2D eigenvalue weighted by molar-refractivity contribution is -0.00000610. The number of fused-ring (bicyclic) bond motifs is 1. The molecule has 96 valence electrons. The first-order valence-corrected chi connectivity index (χ1v) is 5.57. The Labute approximate surface area is 116 Å². The van der Waals surface area contributed by atoms with Crippen LogP contribution in [0.5, 0.6) is 11.5 Å². The van der Waals surface area contributed by atoms with E-state index in [0.717, 1.165) is 11.1 Å². The molecule has 4 heteroatoms. The number of hydrogen-bond donors (Lipinski definition) is 2. The van der Waals surface area contributed by atoms with Gasteiger partial charge in [0, 0.05) is 6.07 Å². The number of phenolic OH excluding ortho intramolecular Hbond substituents is 2. The van der Waals surface area contributed by atoms with Gasteiger partial charge in [-0.05, 0) is 11.6 Å². The largest absolute Gasteiger partial charge is 1.00 e. The first-order chi connectivity index (χ1) is 8.74. The summed E-state index contributed by atoms with van der Waals surface area (Å²) in [7, 11) is 0. The van der Waals surface area contributed by atoms with Crippen molar-refractivity contribution in [1.82, 2.24) is 0 Å². The molecule has 1 aromatic heterocycles. The van der Waals surface area contributed by atoms with E-state index in [-0.39, 0.29) is 23.9 Å². The number of phenols is 2. The van der Waals surface area contributed by atoms with Gasteiger partial charge in [0.2, 0.25) is 0 Å². The van der Waals surface area contributed by atoms with E-state index in [1.54, 1.807) is 6.26 Å². The third-order valence-corrected chi connectivity index (χ3v) is 2.82. The Bertz CT molecular complexity index is 711. The van der Waals surface area contributed by atoms with Crippen LogP contribution in [0.2, 0.25) is 0 Å². The van der Waals surface area contributed by atoms with Gasteiger partial charge in [-0.3, -0.25) is 0 Å². The smallest absolute Gasteiger partial charge is 0.367 e. The van der Waals surface area contributed by atoms with Gasteiger partial charge in [-0.2, -0.15) is 0 Å². The van der Waals surface area contributed by atoms with E-state index in [9.17, 15) is 10.2 Å². The molecule has 3 rings (SSSR count). The van der Waals surface area contributed by atoms with Crippen LogP contribution in [0.15, 0.2) is 59.2 Å². The highest BCUT2D eigenvalue weighted by molar-refractivity contribution is 5.88. The third-order valence-electron chi connectivity index (χ3n) is 2.82. The maximum atomic E-state index is 9.80. The predicted molar refractivity (Wildman–Crippen MR) is 69.4 cm³/mol. The predicted octanol–water partition coefficient (Wildman–Crippen LogP) is 0.796. The molecule has 19 heavy (non-hydrogen) atoms. The lowest BCUT2D eigenvalue weighted by Crippen LogP contribution is -3.00. The molecular formula is C15H11ClO3. The van der Waals surface area contributed by atoms with Crippen LogP contribution in [0.4, 0.5) is 0 Å². The number of rotatable bonds is 1. The van der Waals surface area contributed by atoms with Crippen molar-refractivity contribution in [1.29, 1.82) is 0 Å². The van der Waals surface area contributed by atoms with Crippen molar-refractivity contribution >= 4 is 11.0 Å². The maximum Gasteiger partial charge on any atom is 0.367 e. The van der Waals surface area contributed by atoms with Crippen LogP contribution in [-0.4, -0.2) is 10.2 Å². The number of hydrogen-bond acceptors (Lipinski definition) is 2. The van der Waals surface area contributed by atoms with Gasteiger partial charge in [0.1, 0.15) is 16.9 Å². The van der Waals surface area contributed by atoms with Gasteiger partial charge in [0.15, 0.2) is 0 Å². The Morgan fingerprint density at radius 1 is 0.842 bits per heavy atom. The molecule has 1 heterocycles. The zero-order valence-corrected chi connectivity index (χ0v) is 10.6. The molecule has 0 spiro atoms. The average Bonchev–Trinajstić information content (AvgIpc) is 2.39. The summed E-state index contributed by atoms with van der Waals surface area (Å²) in [5.41, 5.74) is 2.34. The fraction of sp³-hybridized carbons (Fsp3) is 0. The quantitative estimate of drug-likeness (QED) is 0.646. The molecule has 3 aromatic rings. The second-order valence-electron chi connectivity index (χ2n) is 4.08. The van der Waals surface area contributed by atoms with Gasteiger partial charge in [0.25, 0.3) is 0 Å². The summed E-state index contributed by atoms with van der Waals surface area (Å²) in [6.07, 6.45) is 1.61. The first kappa shape index (κ1) is 13.2. The van der Waals surface area contributed by atoms with Crippen LogP contribution in [-0.2, 0) is 0 Å². The van der Waals surface area contributed by atoms with Crippen LogP contribution < -0.4 is 12.4 Å². The second kappa shape index (κ2) is 5.16. The number of aromatic hydroxyl groups is 2. The van der Waals surface area contributed by atoms with Crippen LogP contribution in [0.3, 0.4) is 0 Å². The van der Waals surface area contributed by atoms with Gasteiger partial charge in [-0.1, -0.05) is 30.3 Å². The normalized spacial score (nSPS) is 10.1. The Morgan fingerprint density at radius 3 is 2.32 bits per heavy atom. The van der Waals surface area contributed by atoms with Gasteiger partial charge >= 0.3 is 11.8 Å². The molecule has 0 unspecified atom stereocenters. The molecule has 0 fully saturated rings. The van der Waals surface area contributed by atoms with Crippen LogP contribution >= 0.6 is 0 Å². The third kappa shape index (κ3) is 2.46. The van der Waals surface area contributed by atoms with Gasteiger partial charge in [-0.25, -0.2) is 4.42 Å². The molecule has 3 nitrogen and oxygen atoms in total. The summed E-state index contributed by atoms with van der Waals surface area (Å²) in [6, 6.07) is 14.4. The number of halogens is 1. The number of benzene rings is 2. The Hall–Kier alpha value is -2.26. The zero-order valence-electron chi connectivity index (χ0n) is 9.88. The highest BCUT2D eigenvalue weighted by atomic mass is 35.5. The summed E-state index contributed by atoms with van der Waals surface area (Å²) in [5.74, 6) is -0.0113. The van der Waals surface area contributed by atoms with Crippen molar-refractivity contribution in [2.75, 3.05) is 0 Å². The monoisotopic (exact) mass is 274 g/mol. The van der Waals surface area contributed by atoms with Crippen molar-refractivity contribution in [2.45, 2.75) is 0 Å². The molecule has 2 N–H and O–H groups in total. The van der Waals surface area contributed by atoms with E-state index in [1.165, 1.54) is 12.1 Å². The summed E-state index contributed by atoms with van der Waals surface area (Å²) in [5, 5.41) is 19.8. The molecule has 0 bridgehead atoms. The SMILES string of the molecule is Oc1cc(O)c2cc(-c3ccccc3)c[o+]c2c1.[Cl-]. The van der Waals surface area contributed by atoms with E-state index >= 15 is 0 Å². The lowest BCUT2D eigenvalue weighted by Gasteiger charge is -1.99. The minimum Gasteiger partial charge on any atom is -1.00 e. The lowest BCUT2D eigenvalue weighted by atomic mass is 10.1. The minimum atomic E-state index is -0.0174. The Balaban J connectivity index is 0.00000133. The molecular weight excluding hydrogens is 264 g/mol. The van der Waals surface area contributed by atoms with E-state index < -0.39 is 0 Å². The molecule has 0 aliphatic rings. The minimum absolute atomic E-state index is 0. The van der Waals surface area contributed by atoms with Gasteiger partial charge in [0.05, 0.1) is 11.6 Å². The topological polar surface area (TPSA) is 51.8 Å². The van der Waals surface area contributed by atoms with E-state index in [1.807, 2.05) is 36.4 Å². The molecule has 0 aliphatic carbocycles. The highest BCUT2D eigenvalue weighted by Crippen LogP contribution is 2.32. The van der Waals surface area contributed by atoms with E-state index in [4.69, 9.17) is 4.42 Å². The maximum absolute atomic E-state index is 9.80. The van der Waals surface area contributed by atoms with Crippen molar-refractivity contribution in [3.05, 3.63) is 54.8 Å². The van der Waals surface area contributed by atoms with E-state index in [2.05, 4.69) is 0 Å². The second-order valence-corrected chi connectivity index (χ2v) is 4.08. The average molecular weight is 275 g/mol. The zero-order chi connectivity index (χ0) is 12.5. The summed E-state index contributed by atoms with van der Waals surface area (Å²) in [6.45, 7) is 0. The van der Waals surface area contributed by atoms with Crippen molar-refractivity contribution in [2.24, 2.45) is 0 Å². The van der Waals surface area contributed by atoms with E-state index in [0.29, 0.717) is 11.0 Å². The fourth-order valence-corrected chi connectivity index (χ4v) is 1.94. The van der Waals surface area contributed by atoms with Crippen LogP contribution in [0, 0.1) is 0 Å². The molecule has 0 atom stereocenters. The van der Waals surface area contributed by atoms with Crippen molar-refractivity contribution < 1.29 is 27.0 Å². The van der Waals surface area contributed by atoms with Gasteiger partial charge < -0.3 is 22.6 Å². The molecule has 0 amide bonds. The van der Waals surface area contributed by atoms with Crippen LogP contribution in [0.25, 0.3) is 22.1 Å². The molecule has 0 saturated heterocycles. The van der Waals surface area contributed by atoms with Crippen LogP contribution in [0.1, 0.15) is 0 Å². The standard InChI is InChI=1S/C15H10O3.ClH/c16-12-7-14(17)13-6-11(9-18-15(13)8-12)10-4-2-1-3-5-10;/h1-9H,(H-,16,17);1H.